The molecule has 5 aromatic rings. The van der Waals surface area contributed by atoms with Crippen LogP contribution in [0.4, 0.5) is 30.5 Å². The normalized spacial score (nSPS) is 10.8. The first kappa shape index (κ1) is 30.7. The molecule has 1 amide bonds. The molecule has 0 aliphatic heterocycles. The summed E-state index contributed by atoms with van der Waals surface area (Å²) in [5.74, 6) is 0.00156. The average Bonchev–Trinajstić information content (AvgIpc) is 3.36. The van der Waals surface area contributed by atoms with E-state index in [2.05, 4.69) is 35.6 Å². The second-order valence-electron chi connectivity index (χ2n) is 8.83. The molecule has 0 saturated heterocycles. The maximum Gasteiger partial charge on any atom is 0.416 e. The first-order chi connectivity index (χ1) is 18.7. The van der Waals surface area contributed by atoms with E-state index in [1.807, 2.05) is 13.0 Å². The van der Waals surface area contributed by atoms with Gasteiger partial charge in [0.1, 0.15) is 5.82 Å². The van der Waals surface area contributed by atoms with Crippen molar-refractivity contribution in [2.24, 2.45) is 0 Å². The summed E-state index contributed by atoms with van der Waals surface area (Å²) in [6.45, 7) is 3.59. The third-order valence-electron chi connectivity index (χ3n) is 5.85. The second-order valence-corrected chi connectivity index (χ2v) is 8.83. The van der Waals surface area contributed by atoms with Crippen molar-refractivity contribution >= 4 is 35.6 Å². The van der Waals surface area contributed by atoms with Crippen LogP contribution in [0.25, 0.3) is 22.6 Å². The number of imidazole rings is 1. The molecule has 0 saturated carbocycles. The fourth-order valence-electron chi connectivity index (χ4n) is 3.88. The molecular formula is C28H25ClF3N7O2. The van der Waals surface area contributed by atoms with Gasteiger partial charge in [-0.05, 0) is 67.9 Å². The Morgan fingerprint density at radius 3 is 2.41 bits per heavy atom. The van der Waals surface area contributed by atoms with E-state index >= 15 is 0 Å². The number of hydrogen-bond acceptors (Lipinski definition) is 6. The second kappa shape index (κ2) is 12.6. The number of nitrogens with zero attached hydrogens (tertiary/aromatic N) is 4. The molecule has 5 rings (SSSR count). The first-order valence-corrected chi connectivity index (χ1v) is 11.8. The molecular weight excluding hydrogens is 559 g/mol. The van der Waals surface area contributed by atoms with Crippen molar-refractivity contribution in [3.63, 3.8) is 0 Å². The monoisotopic (exact) mass is 583 g/mol. The number of aryl methyl sites for hydroxylation is 2. The Kier molecular flexibility index (Phi) is 9.43. The predicted octanol–water partition coefficient (Wildman–Crippen LogP) is 6.16. The number of H-pyrrole nitrogens is 1. The van der Waals surface area contributed by atoms with Crippen molar-refractivity contribution < 1.29 is 23.4 Å². The molecule has 0 fully saturated rings. The van der Waals surface area contributed by atoms with E-state index in [-0.39, 0.29) is 40.5 Å². The van der Waals surface area contributed by atoms with E-state index in [0.29, 0.717) is 23.0 Å². The van der Waals surface area contributed by atoms with Crippen molar-refractivity contribution in [2.45, 2.75) is 20.0 Å². The van der Waals surface area contributed by atoms with Crippen LogP contribution in [0.2, 0.25) is 0 Å². The maximum atomic E-state index is 13.6. The lowest BCUT2D eigenvalue weighted by atomic mass is 10.1. The smallest absolute Gasteiger partial charge is 0.412 e. The maximum absolute atomic E-state index is 13.6. The molecule has 0 atom stereocenters. The lowest BCUT2D eigenvalue weighted by molar-refractivity contribution is -0.137. The number of carbonyl (C=O) groups is 1. The lowest BCUT2D eigenvalue weighted by Gasteiger charge is -2.14. The largest absolute Gasteiger partial charge is 0.416 e. The van der Waals surface area contributed by atoms with Crippen LogP contribution < -0.4 is 10.6 Å². The van der Waals surface area contributed by atoms with Gasteiger partial charge in [-0.1, -0.05) is 6.07 Å². The van der Waals surface area contributed by atoms with E-state index in [1.165, 1.54) is 12.3 Å². The highest BCUT2D eigenvalue weighted by atomic mass is 35.5. The standard InChI is InChI=1S/C28H22F3N7O.ClH.H2O/c1-16-5-6-18(12-24(16)38-27-33-9-7-23(37-27)19-4-3-8-32-15-19)26(39)36-22-11-20(25-34-14-17(2)35-25)10-21(13-22)28(29,30)31;;/h3-15H,1-2H3,(H,34,35)(H,36,39)(H,33,37,38);1H;1H2. The van der Waals surface area contributed by atoms with Gasteiger partial charge in [-0.25, -0.2) is 15.0 Å². The highest BCUT2D eigenvalue weighted by molar-refractivity contribution is 6.05. The molecule has 0 aliphatic rings. The number of amides is 1. The predicted molar refractivity (Wildman–Crippen MR) is 152 cm³/mol. The van der Waals surface area contributed by atoms with Gasteiger partial charge in [0, 0.05) is 58.5 Å². The Morgan fingerprint density at radius 1 is 0.927 bits per heavy atom. The molecule has 212 valence electrons. The van der Waals surface area contributed by atoms with Gasteiger partial charge in [0.05, 0.1) is 11.3 Å². The van der Waals surface area contributed by atoms with E-state index in [0.717, 1.165) is 23.3 Å². The topological polar surface area (TPSA) is 140 Å². The zero-order chi connectivity index (χ0) is 27.6. The van der Waals surface area contributed by atoms with Crippen molar-refractivity contribution in [2.75, 3.05) is 10.6 Å². The van der Waals surface area contributed by atoms with E-state index in [4.69, 9.17) is 0 Å². The first-order valence-electron chi connectivity index (χ1n) is 11.8. The minimum atomic E-state index is -4.61. The molecule has 3 heterocycles. The molecule has 3 aromatic heterocycles. The summed E-state index contributed by atoms with van der Waals surface area (Å²) in [5.41, 5.74) is 3.09. The van der Waals surface area contributed by atoms with Crippen molar-refractivity contribution in [1.29, 1.82) is 0 Å². The summed E-state index contributed by atoms with van der Waals surface area (Å²) >= 11 is 0. The van der Waals surface area contributed by atoms with Crippen molar-refractivity contribution in [3.8, 4) is 22.6 Å². The Labute approximate surface area is 239 Å². The van der Waals surface area contributed by atoms with Crippen LogP contribution in [-0.2, 0) is 6.18 Å². The summed E-state index contributed by atoms with van der Waals surface area (Å²) in [7, 11) is 0. The highest BCUT2D eigenvalue weighted by Gasteiger charge is 2.31. The molecule has 0 aliphatic carbocycles. The van der Waals surface area contributed by atoms with E-state index < -0.39 is 17.6 Å². The number of halogens is 4. The van der Waals surface area contributed by atoms with Gasteiger partial charge >= 0.3 is 6.18 Å². The molecule has 0 radical (unpaired) electrons. The van der Waals surface area contributed by atoms with E-state index in [1.54, 1.807) is 55.8 Å². The number of hydrogen-bond donors (Lipinski definition) is 3. The van der Waals surface area contributed by atoms with Crippen LogP contribution in [0, 0.1) is 13.8 Å². The third-order valence-corrected chi connectivity index (χ3v) is 5.85. The zero-order valence-electron chi connectivity index (χ0n) is 21.7. The Bertz CT molecular complexity index is 1660. The third kappa shape index (κ3) is 7.24. The van der Waals surface area contributed by atoms with Crippen molar-refractivity contribution in [1.82, 2.24) is 24.9 Å². The lowest BCUT2D eigenvalue weighted by Crippen LogP contribution is -2.14. The molecule has 9 nitrogen and oxygen atoms in total. The Hall–Kier alpha value is -4.81. The molecule has 0 bridgehead atoms. The quantitative estimate of drug-likeness (QED) is 0.219. The number of aromatic nitrogens is 5. The van der Waals surface area contributed by atoms with Crippen LogP contribution in [-0.4, -0.2) is 36.3 Å². The minimum Gasteiger partial charge on any atom is -0.412 e. The number of pyridine rings is 1. The molecule has 41 heavy (non-hydrogen) atoms. The summed E-state index contributed by atoms with van der Waals surface area (Å²) in [4.78, 5) is 33.0. The fourth-order valence-corrected chi connectivity index (χ4v) is 3.88. The minimum absolute atomic E-state index is 0. The summed E-state index contributed by atoms with van der Waals surface area (Å²) < 4.78 is 40.8. The van der Waals surface area contributed by atoms with Crippen LogP contribution in [0.1, 0.15) is 27.2 Å². The number of aromatic amines is 1. The number of carbonyl (C=O) groups excluding carboxylic acids is 1. The molecule has 5 N–H and O–H groups in total. The van der Waals surface area contributed by atoms with Gasteiger partial charge in [-0.15, -0.1) is 12.4 Å². The van der Waals surface area contributed by atoms with Crippen LogP contribution >= 0.6 is 12.4 Å². The molecule has 0 unspecified atom stereocenters. The Morgan fingerprint density at radius 2 is 1.73 bits per heavy atom. The van der Waals surface area contributed by atoms with Crippen LogP contribution in [0.15, 0.2) is 79.4 Å². The Balaban J connectivity index is 0.00000231. The van der Waals surface area contributed by atoms with E-state index in [9.17, 15) is 18.0 Å². The number of nitrogens with one attached hydrogen (secondary N) is 3. The highest BCUT2D eigenvalue weighted by Crippen LogP contribution is 2.34. The summed E-state index contributed by atoms with van der Waals surface area (Å²) in [6, 6.07) is 13.7. The van der Waals surface area contributed by atoms with Gasteiger partial charge in [0.2, 0.25) is 5.95 Å². The summed E-state index contributed by atoms with van der Waals surface area (Å²) in [6.07, 6.45) is 1.87. The number of alkyl halides is 3. The molecule has 0 spiro atoms. The van der Waals surface area contributed by atoms with Gasteiger partial charge < -0.3 is 21.1 Å². The fraction of sp³-hybridized carbons (Fsp3) is 0.107. The zero-order valence-corrected chi connectivity index (χ0v) is 22.6. The van der Waals surface area contributed by atoms with Gasteiger partial charge in [-0.2, -0.15) is 13.2 Å². The number of anilines is 3. The van der Waals surface area contributed by atoms with Gasteiger partial charge in [-0.3, -0.25) is 9.78 Å². The van der Waals surface area contributed by atoms with Crippen LogP contribution in [0.5, 0.6) is 0 Å². The summed E-state index contributed by atoms with van der Waals surface area (Å²) in [5, 5.41) is 5.70. The number of benzene rings is 2. The molecule has 13 heteroatoms. The van der Waals surface area contributed by atoms with Crippen molar-refractivity contribution in [3.05, 3.63) is 102 Å². The number of rotatable bonds is 6. The van der Waals surface area contributed by atoms with Crippen LogP contribution in [0.3, 0.4) is 0 Å². The van der Waals surface area contributed by atoms with Gasteiger partial charge in [0.25, 0.3) is 5.91 Å². The van der Waals surface area contributed by atoms with Gasteiger partial charge in [0.15, 0.2) is 0 Å². The molecule has 2 aromatic carbocycles. The average molecular weight is 584 g/mol. The SMILES string of the molecule is Cc1cnc(-c2cc(NC(=O)c3ccc(C)c(Nc4nccc(-c5cccnc5)n4)c3)cc(C(F)(F)F)c2)[nH]1.Cl.O.